The van der Waals surface area contributed by atoms with E-state index in [0.29, 0.717) is 12.3 Å². The minimum absolute atomic E-state index is 0.119. The minimum Gasteiger partial charge on any atom is -0.496 e. The number of carbonyl (C=O) groups excluding carboxylic acids is 1. The molecular weight excluding hydrogens is 364 g/mol. The van der Waals surface area contributed by atoms with Crippen LogP contribution in [-0.4, -0.2) is 50.3 Å². The van der Waals surface area contributed by atoms with Gasteiger partial charge in [0, 0.05) is 13.1 Å². The molecule has 0 bridgehead atoms. The molecular formula is C20H22N2O4S. The lowest BCUT2D eigenvalue weighted by Crippen LogP contribution is -2.55. The molecule has 0 spiro atoms. The third-order valence-corrected chi connectivity index (χ3v) is 7.23. The average molecular weight is 386 g/mol. The quantitative estimate of drug-likeness (QED) is 0.811. The van der Waals surface area contributed by atoms with E-state index in [4.69, 9.17) is 4.74 Å². The fourth-order valence-corrected chi connectivity index (χ4v) is 5.47. The zero-order valence-electron chi connectivity index (χ0n) is 15.4. The molecule has 0 saturated carbocycles. The SMILES string of the molecule is COc1ccc(S(=O)(=O)N2CC(=O)N3CCc4ccccc4[C@@H]3C2)cc1C. The summed E-state index contributed by atoms with van der Waals surface area (Å²) in [6.45, 7) is 2.59. The molecule has 1 atom stereocenters. The van der Waals surface area contributed by atoms with Gasteiger partial charge in [-0.15, -0.1) is 0 Å². The number of amides is 1. The number of carbonyl (C=O) groups is 1. The molecule has 2 aliphatic heterocycles. The lowest BCUT2D eigenvalue weighted by atomic mass is 9.91. The van der Waals surface area contributed by atoms with Crippen LogP contribution in [0.4, 0.5) is 0 Å². The second-order valence-corrected chi connectivity index (χ2v) is 8.92. The topological polar surface area (TPSA) is 66.9 Å². The molecule has 2 heterocycles. The Labute approximate surface area is 159 Å². The third-order valence-electron chi connectivity index (χ3n) is 5.42. The molecule has 0 aliphatic carbocycles. The number of rotatable bonds is 3. The summed E-state index contributed by atoms with van der Waals surface area (Å²) in [5, 5.41) is 0. The molecule has 0 radical (unpaired) electrons. The molecule has 0 N–H and O–H groups in total. The Morgan fingerprint density at radius 2 is 1.93 bits per heavy atom. The number of hydrogen-bond donors (Lipinski definition) is 0. The van der Waals surface area contributed by atoms with Crippen LogP contribution in [0.25, 0.3) is 0 Å². The molecule has 4 rings (SSSR count). The first kappa shape index (κ1) is 18.0. The van der Waals surface area contributed by atoms with Gasteiger partial charge in [0.1, 0.15) is 5.75 Å². The van der Waals surface area contributed by atoms with E-state index < -0.39 is 10.0 Å². The first-order valence-electron chi connectivity index (χ1n) is 8.94. The number of piperazine rings is 1. The molecule has 2 aromatic rings. The van der Waals surface area contributed by atoms with Crippen molar-refractivity contribution in [1.29, 1.82) is 0 Å². The smallest absolute Gasteiger partial charge is 0.243 e. The van der Waals surface area contributed by atoms with Crippen molar-refractivity contribution in [1.82, 2.24) is 9.21 Å². The van der Waals surface area contributed by atoms with Gasteiger partial charge >= 0.3 is 0 Å². The van der Waals surface area contributed by atoms with Crippen molar-refractivity contribution in [2.24, 2.45) is 0 Å². The molecule has 6 nitrogen and oxygen atoms in total. The molecule has 142 valence electrons. The summed E-state index contributed by atoms with van der Waals surface area (Å²) in [5.41, 5.74) is 2.97. The van der Waals surface area contributed by atoms with Crippen molar-refractivity contribution >= 4 is 15.9 Å². The number of benzene rings is 2. The number of methoxy groups -OCH3 is 1. The summed E-state index contributed by atoms with van der Waals surface area (Å²) in [4.78, 5) is 14.7. The Morgan fingerprint density at radius 3 is 2.67 bits per heavy atom. The van der Waals surface area contributed by atoms with Crippen LogP contribution in [0.15, 0.2) is 47.4 Å². The van der Waals surface area contributed by atoms with Crippen LogP contribution in [0.1, 0.15) is 22.7 Å². The first-order chi connectivity index (χ1) is 12.9. The van der Waals surface area contributed by atoms with Gasteiger partial charge in [-0.05, 0) is 48.2 Å². The van der Waals surface area contributed by atoms with Crippen LogP contribution in [-0.2, 0) is 21.2 Å². The molecule has 2 aliphatic rings. The normalized spacial score (nSPS) is 20.1. The van der Waals surface area contributed by atoms with Crippen molar-refractivity contribution in [3.05, 3.63) is 59.2 Å². The number of fused-ring (bicyclic) bond motifs is 3. The maximum Gasteiger partial charge on any atom is 0.243 e. The van der Waals surface area contributed by atoms with Crippen molar-refractivity contribution in [2.75, 3.05) is 26.7 Å². The van der Waals surface area contributed by atoms with Crippen molar-refractivity contribution in [3.8, 4) is 5.75 Å². The van der Waals surface area contributed by atoms with Crippen molar-refractivity contribution < 1.29 is 17.9 Å². The maximum absolute atomic E-state index is 13.2. The molecule has 2 aromatic carbocycles. The average Bonchev–Trinajstić information content (AvgIpc) is 2.67. The Kier molecular flexibility index (Phi) is 4.44. The summed E-state index contributed by atoms with van der Waals surface area (Å²) in [6, 6.07) is 12.5. The van der Waals surface area contributed by atoms with Crippen LogP contribution >= 0.6 is 0 Å². The van der Waals surface area contributed by atoms with Crippen molar-refractivity contribution in [3.63, 3.8) is 0 Å². The fourth-order valence-electron chi connectivity index (χ4n) is 3.99. The summed E-state index contributed by atoms with van der Waals surface area (Å²) >= 11 is 0. The van der Waals surface area contributed by atoms with Gasteiger partial charge in [-0.2, -0.15) is 4.31 Å². The van der Waals surface area contributed by atoms with Gasteiger partial charge < -0.3 is 9.64 Å². The van der Waals surface area contributed by atoms with Crippen molar-refractivity contribution in [2.45, 2.75) is 24.3 Å². The molecule has 0 aromatic heterocycles. The van der Waals surface area contributed by atoms with E-state index in [9.17, 15) is 13.2 Å². The maximum atomic E-state index is 13.2. The molecule has 1 saturated heterocycles. The number of ether oxygens (including phenoxy) is 1. The van der Waals surface area contributed by atoms with Gasteiger partial charge in [0.25, 0.3) is 0 Å². The fraction of sp³-hybridized carbons (Fsp3) is 0.350. The lowest BCUT2D eigenvalue weighted by Gasteiger charge is -2.44. The standard InChI is InChI=1S/C20H22N2O4S/c1-14-11-16(7-8-19(14)26-2)27(24,25)21-12-18-17-6-4-3-5-15(17)9-10-22(18)20(23)13-21/h3-8,11,18H,9-10,12-13H2,1-2H3/t18-/m0/s1. The molecule has 0 unspecified atom stereocenters. The molecule has 1 amide bonds. The third kappa shape index (κ3) is 3.00. The summed E-state index contributed by atoms with van der Waals surface area (Å²) < 4.78 is 32.9. The van der Waals surface area contributed by atoms with E-state index in [2.05, 4.69) is 6.07 Å². The van der Waals surface area contributed by atoms with Gasteiger partial charge in [0.2, 0.25) is 15.9 Å². The highest BCUT2D eigenvalue weighted by atomic mass is 32.2. The van der Waals surface area contributed by atoms with E-state index >= 15 is 0 Å². The molecule has 27 heavy (non-hydrogen) atoms. The summed E-state index contributed by atoms with van der Waals surface area (Å²) in [7, 11) is -2.21. The predicted octanol–water partition coefficient (Wildman–Crippen LogP) is 2.13. The second-order valence-electron chi connectivity index (χ2n) is 6.98. The highest BCUT2D eigenvalue weighted by Gasteiger charge is 2.41. The van der Waals surface area contributed by atoms with E-state index in [0.717, 1.165) is 17.5 Å². The number of nitrogens with zero attached hydrogens (tertiary/aromatic N) is 2. The lowest BCUT2D eigenvalue weighted by molar-refractivity contribution is -0.138. The highest BCUT2D eigenvalue weighted by molar-refractivity contribution is 7.89. The Hall–Kier alpha value is -2.38. The number of hydrogen-bond acceptors (Lipinski definition) is 4. The Morgan fingerprint density at radius 1 is 1.15 bits per heavy atom. The minimum atomic E-state index is -3.77. The molecule has 7 heteroatoms. The van der Waals surface area contributed by atoms with Gasteiger partial charge in [0.15, 0.2) is 0 Å². The van der Waals surface area contributed by atoms with Gasteiger partial charge in [-0.3, -0.25) is 4.79 Å². The van der Waals surface area contributed by atoms with E-state index in [1.165, 1.54) is 15.9 Å². The second kappa shape index (κ2) is 6.65. The van der Waals surface area contributed by atoms with Crippen LogP contribution in [0.3, 0.4) is 0 Å². The summed E-state index contributed by atoms with van der Waals surface area (Å²) in [5.74, 6) is 0.491. The highest BCUT2D eigenvalue weighted by Crippen LogP contribution is 2.35. The largest absolute Gasteiger partial charge is 0.496 e. The van der Waals surface area contributed by atoms with Crippen LogP contribution in [0, 0.1) is 6.92 Å². The predicted molar refractivity (Wildman–Crippen MR) is 101 cm³/mol. The van der Waals surface area contributed by atoms with Gasteiger partial charge in [-0.1, -0.05) is 24.3 Å². The van der Waals surface area contributed by atoms with Crippen LogP contribution < -0.4 is 4.74 Å². The Balaban J connectivity index is 1.69. The molecule has 1 fully saturated rings. The van der Waals surface area contributed by atoms with E-state index in [1.54, 1.807) is 26.2 Å². The first-order valence-corrected chi connectivity index (χ1v) is 10.4. The monoisotopic (exact) mass is 386 g/mol. The summed E-state index contributed by atoms with van der Waals surface area (Å²) in [6.07, 6.45) is 0.808. The Bertz CT molecular complexity index is 1000. The van der Waals surface area contributed by atoms with E-state index in [1.807, 2.05) is 23.1 Å². The van der Waals surface area contributed by atoms with Gasteiger partial charge in [0.05, 0.1) is 24.6 Å². The number of sulfonamides is 1. The number of aryl methyl sites for hydroxylation is 1. The zero-order chi connectivity index (χ0) is 19.2. The van der Waals surface area contributed by atoms with Gasteiger partial charge in [-0.25, -0.2) is 8.42 Å². The zero-order valence-corrected chi connectivity index (χ0v) is 16.2. The van der Waals surface area contributed by atoms with Crippen LogP contribution in [0.2, 0.25) is 0 Å². The van der Waals surface area contributed by atoms with E-state index in [-0.39, 0.29) is 29.9 Å². The van der Waals surface area contributed by atoms with Crippen LogP contribution in [0.5, 0.6) is 5.75 Å².